The molecule has 0 fully saturated rings. The largest absolute Gasteiger partial charge is 0.493 e. The van der Waals surface area contributed by atoms with E-state index >= 15 is 0 Å². The third-order valence-electron chi connectivity index (χ3n) is 6.86. The van der Waals surface area contributed by atoms with Gasteiger partial charge in [-0.1, -0.05) is 39.0 Å². The second-order valence-electron chi connectivity index (χ2n) is 9.80. The Morgan fingerprint density at radius 3 is 2.54 bits per heavy atom. The van der Waals surface area contributed by atoms with E-state index < -0.39 is 22.5 Å². The van der Waals surface area contributed by atoms with Crippen LogP contribution in [0.5, 0.6) is 11.5 Å². The van der Waals surface area contributed by atoms with Crippen molar-refractivity contribution in [2.75, 3.05) is 20.8 Å². The highest BCUT2D eigenvalue weighted by Crippen LogP contribution is 2.41. The Morgan fingerprint density at radius 2 is 1.89 bits per heavy atom. The summed E-state index contributed by atoms with van der Waals surface area (Å²) in [6, 6.07) is 7.94. The number of rotatable bonds is 9. The maximum absolute atomic E-state index is 14.2. The number of thiazole rings is 1. The molecule has 2 aromatic heterocycles. The molecule has 238 valence electrons. The number of aryl methyl sites for hydroxylation is 1. The maximum Gasteiger partial charge on any atom is 0.338 e. The average Bonchev–Trinajstić information content (AvgIpc) is 3.30. The predicted molar refractivity (Wildman–Crippen MR) is 174 cm³/mol. The van der Waals surface area contributed by atoms with E-state index in [1.54, 1.807) is 32.9 Å². The SMILES string of the molecule is CCOC(=O)C1=C(C)N=c2s/c(=C/c3cc([N+](=O)[O-])ccc3Sc3nc(C)cc(=O)[nH]3)c(=O)n2[C@H]1c1cc(OC)c(OC)cc1Br. The Labute approximate surface area is 277 Å². The van der Waals surface area contributed by atoms with E-state index in [9.17, 15) is 24.5 Å². The van der Waals surface area contributed by atoms with Crippen LogP contribution in [-0.4, -0.2) is 46.3 Å². The number of aromatic amines is 1. The summed E-state index contributed by atoms with van der Waals surface area (Å²) in [6.45, 7) is 5.13. The summed E-state index contributed by atoms with van der Waals surface area (Å²) in [5.74, 6) is 0.174. The summed E-state index contributed by atoms with van der Waals surface area (Å²) in [5.41, 5.74) is 0.852. The third-order valence-corrected chi connectivity index (χ3v) is 9.51. The number of hydrogen-bond donors (Lipinski definition) is 1. The average molecular weight is 729 g/mol. The molecule has 0 unspecified atom stereocenters. The van der Waals surface area contributed by atoms with E-state index in [-0.39, 0.29) is 33.1 Å². The van der Waals surface area contributed by atoms with Crippen molar-refractivity contribution in [1.29, 1.82) is 0 Å². The number of aromatic nitrogens is 3. The number of H-pyrrole nitrogens is 1. The van der Waals surface area contributed by atoms with Gasteiger partial charge in [0.05, 0.1) is 47.6 Å². The van der Waals surface area contributed by atoms with Crippen molar-refractivity contribution in [2.24, 2.45) is 4.99 Å². The molecule has 0 bridgehead atoms. The fraction of sp³-hybridized carbons (Fsp3) is 0.233. The van der Waals surface area contributed by atoms with Gasteiger partial charge in [-0.25, -0.2) is 14.8 Å². The Morgan fingerprint density at radius 1 is 1.17 bits per heavy atom. The molecule has 0 amide bonds. The quantitative estimate of drug-likeness (QED) is 0.115. The van der Waals surface area contributed by atoms with Crippen molar-refractivity contribution in [3.05, 3.63) is 109 Å². The van der Waals surface area contributed by atoms with Crippen molar-refractivity contribution in [2.45, 2.75) is 36.9 Å². The Balaban J connectivity index is 1.75. The number of halogens is 1. The molecule has 46 heavy (non-hydrogen) atoms. The lowest BCUT2D eigenvalue weighted by molar-refractivity contribution is -0.384. The number of nitrogens with one attached hydrogen (secondary N) is 1. The summed E-state index contributed by atoms with van der Waals surface area (Å²) in [5, 5.41) is 12.0. The number of allylic oxidation sites excluding steroid dienone is 1. The van der Waals surface area contributed by atoms with Crippen LogP contribution >= 0.6 is 39.0 Å². The number of fused-ring (bicyclic) bond motifs is 1. The Kier molecular flexibility index (Phi) is 9.60. The van der Waals surface area contributed by atoms with E-state index in [1.807, 2.05) is 0 Å². The molecule has 5 rings (SSSR count). The number of methoxy groups -OCH3 is 2. The number of carbonyl (C=O) groups excluding carboxylic acids is 1. The Hall–Kier alpha value is -4.54. The van der Waals surface area contributed by atoms with Crippen LogP contribution < -0.4 is 29.9 Å². The lowest BCUT2D eigenvalue weighted by Gasteiger charge is -2.26. The summed E-state index contributed by atoms with van der Waals surface area (Å²) in [4.78, 5) is 63.2. The van der Waals surface area contributed by atoms with Crippen molar-refractivity contribution in [3.8, 4) is 11.5 Å². The van der Waals surface area contributed by atoms with Crippen molar-refractivity contribution >= 4 is 56.8 Å². The first kappa shape index (κ1) is 32.8. The van der Waals surface area contributed by atoms with E-state index in [1.165, 1.54) is 49.1 Å². The van der Waals surface area contributed by atoms with Crippen molar-refractivity contribution in [1.82, 2.24) is 14.5 Å². The lowest BCUT2D eigenvalue weighted by atomic mass is 9.95. The number of esters is 1. The topological polar surface area (TPSA) is 168 Å². The molecular weight excluding hydrogens is 702 g/mol. The first-order valence-electron chi connectivity index (χ1n) is 13.6. The van der Waals surface area contributed by atoms with Crippen LogP contribution in [-0.2, 0) is 9.53 Å². The number of nitrogens with zero attached hydrogens (tertiary/aromatic N) is 4. The first-order chi connectivity index (χ1) is 21.9. The number of hydrogen-bond acceptors (Lipinski definition) is 12. The van der Waals surface area contributed by atoms with E-state index in [0.717, 1.165) is 23.1 Å². The van der Waals surface area contributed by atoms with Gasteiger partial charge in [-0.05, 0) is 56.2 Å². The highest BCUT2D eigenvalue weighted by Gasteiger charge is 2.35. The lowest BCUT2D eigenvalue weighted by Crippen LogP contribution is -2.40. The van der Waals surface area contributed by atoms with Gasteiger partial charge in [0.15, 0.2) is 21.5 Å². The van der Waals surface area contributed by atoms with Crippen LogP contribution in [0.4, 0.5) is 5.69 Å². The zero-order chi connectivity index (χ0) is 33.3. The smallest absolute Gasteiger partial charge is 0.338 e. The van der Waals surface area contributed by atoms with Gasteiger partial charge >= 0.3 is 5.97 Å². The molecule has 0 radical (unpaired) electrons. The van der Waals surface area contributed by atoms with Gasteiger partial charge < -0.3 is 19.2 Å². The predicted octanol–water partition coefficient (Wildman–Crippen LogP) is 4.03. The molecule has 1 aliphatic rings. The minimum Gasteiger partial charge on any atom is -0.493 e. The van der Waals surface area contributed by atoms with Gasteiger partial charge in [0.25, 0.3) is 16.8 Å². The van der Waals surface area contributed by atoms with Crippen LogP contribution in [0.2, 0.25) is 0 Å². The standard InChI is InChI=1S/C30H26BrN5O8S2/c1-6-44-28(39)25-15(3)33-30-35(26(25)18-12-20(42-4)21(43-5)13-19(18)31)27(38)23(46-30)11-16-10-17(36(40)41)7-8-22(16)45-29-32-14(2)9-24(37)34-29/h7-13,26H,6H2,1-5H3,(H,32,34,37)/b23-11+/t26-/m0/s1. The van der Waals surface area contributed by atoms with Crippen LogP contribution in [0, 0.1) is 17.0 Å². The highest BCUT2D eigenvalue weighted by molar-refractivity contribution is 9.10. The van der Waals surface area contributed by atoms with E-state index in [4.69, 9.17) is 14.2 Å². The highest BCUT2D eigenvalue weighted by atomic mass is 79.9. The molecule has 16 heteroatoms. The summed E-state index contributed by atoms with van der Waals surface area (Å²) in [6.07, 6.45) is 1.52. The maximum atomic E-state index is 14.2. The van der Waals surface area contributed by atoms with Gasteiger partial charge in [-0.3, -0.25) is 24.3 Å². The molecule has 3 heterocycles. The number of ether oxygens (including phenoxy) is 3. The van der Waals surface area contributed by atoms with E-state index in [2.05, 4.69) is 30.9 Å². The molecule has 4 aromatic rings. The zero-order valence-electron chi connectivity index (χ0n) is 25.1. The second-order valence-corrected chi connectivity index (χ2v) is 12.7. The molecule has 0 saturated heterocycles. The molecule has 1 atom stereocenters. The molecule has 13 nitrogen and oxygen atoms in total. The summed E-state index contributed by atoms with van der Waals surface area (Å²) in [7, 11) is 2.97. The fourth-order valence-corrected chi connectivity index (χ4v) is 7.36. The molecule has 0 saturated carbocycles. The van der Waals surface area contributed by atoms with Gasteiger partial charge in [0, 0.05) is 33.3 Å². The molecule has 1 N–H and O–H groups in total. The molecule has 0 spiro atoms. The number of nitro groups is 1. The second kappa shape index (κ2) is 13.4. The normalized spacial score (nSPS) is 14.5. The van der Waals surface area contributed by atoms with Gasteiger partial charge in [-0.15, -0.1) is 0 Å². The monoisotopic (exact) mass is 727 g/mol. The van der Waals surface area contributed by atoms with Gasteiger partial charge in [0.2, 0.25) is 0 Å². The minimum atomic E-state index is -0.966. The van der Waals surface area contributed by atoms with Crippen molar-refractivity contribution < 1.29 is 23.9 Å². The van der Waals surface area contributed by atoms with Crippen LogP contribution in [0.1, 0.15) is 36.7 Å². The zero-order valence-corrected chi connectivity index (χ0v) is 28.3. The van der Waals surface area contributed by atoms with Crippen LogP contribution in [0.25, 0.3) is 6.08 Å². The van der Waals surface area contributed by atoms with Gasteiger partial charge in [0.1, 0.15) is 0 Å². The summed E-state index contributed by atoms with van der Waals surface area (Å²) < 4.78 is 18.5. The number of non-ortho nitro benzene ring substituents is 1. The summed E-state index contributed by atoms with van der Waals surface area (Å²) >= 11 is 5.73. The minimum absolute atomic E-state index is 0.105. The number of carbonyl (C=O) groups is 1. The van der Waals surface area contributed by atoms with Gasteiger partial charge in [-0.2, -0.15) is 0 Å². The number of nitro benzene ring substituents is 1. The Bertz CT molecular complexity index is 2170. The first-order valence-corrected chi connectivity index (χ1v) is 16.0. The van der Waals surface area contributed by atoms with Crippen LogP contribution in [0.3, 0.4) is 0 Å². The molecule has 1 aliphatic heterocycles. The van der Waals surface area contributed by atoms with Crippen molar-refractivity contribution in [3.63, 3.8) is 0 Å². The molecular formula is C30H26BrN5O8S2. The van der Waals surface area contributed by atoms with E-state index in [0.29, 0.717) is 48.2 Å². The third kappa shape index (κ3) is 6.41. The fourth-order valence-electron chi connectivity index (χ4n) is 4.87. The molecule has 0 aliphatic carbocycles. The van der Waals surface area contributed by atoms with Crippen LogP contribution in [0.15, 0.2) is 76.8 Å². The number of benzene rings is 2. The molecule has 2 aromatic carbocycles.